The molecule has 0 aliphatic heterocycles. The van der Waals surface area contributed by atoms with Gasteiger partial charge in [0, 0.05) is 5.75 Å². The van der Waals surface area contributed by atoms with Crippen LogP contribution in [0.5, 0.6) is 0 Å². The lowest BCUT2D eigenvalue weighted by Crippen LogP contribution is -2.59. The summed E-state index contributed by atoms with van der Waals surface area (Å²) >= 11 is 3.95. The average Bonchev–Trinajstić information content (AvgIpc) is 2.67. The first-order valence-corrected chi connectivity index (χ1v) is 11.5. The molecule has 0 saturated heterocycles. The Morgan fingerprint density at radius 3 is 1.77 bits per heavy atom. The summed E-state index contributed by atoms with van der Waals surface area (Å²) in [6, 6.07) is -3.71. The number of rotatable bonds is 14. The van der Waals surface area contributed by atoms with E-state index in [0.717, 1.165) is 0 Å². The molecule has 3 amide bonds. The first kappa shape index (κ1) is 29.2. The zero-order valence-corrected chi connectivity index (χ0v) is 20.4. The molecule has 0 bridgehead atoms. The van der Waals surface area contributed by atoms with E-state index in [2.05, 4.69) is 28.6 Å². The normalized spacial score (nSPS) is 16.2. The fourth-order valence-electron chi connectivity index (χ4n) is 3.00. The lowest BCUT2D eigenvalue weighted by Gasteiger charge is -2.28. The van der Waals surface area contributed by atoms with Gasteiger partial charge >= 0.3 is 5.97 Å². The number of nitrogens with one attached hydrogen (secondary N) is 3. The zero-order chi connectivity index (χ0) is 24.3. The highest BCUT2D eigenvalue weighted by atomic mass is 32.1. The summed E-state index contributed by atoms with van der Waals surface area (Å²) in [6.07, 6.45) is 1.42. The second-order valence-electron chi connectivity index (χ2n) is 8.88. The average molecular weight is 461 g/mol. The van der Waals surface area contributed by atoms with Crippen LogP contribution in [0.3, 0.4) is 0 Å². The van der Waals surface area contributed by atoms with Gasteiger partial charge in [0.05, 0.1) is 6.04 Å². The molecule has 180 valence electrons. The summed E-state index contributed by atoms with van der Waals surface area (Å²) in [4.78, 5) is 49.4. The predicted molar refractivity (Wildman–Crippen MR) is 124 cm³/mol. The highest BCUT2D eigenvalue weighted by molar-refractivity contribution is 7.80. The molecule has 9 nitrogen and oxygen atoms in total. The first-order chi connectivity index (χ1) is 14.3. The van der Waals surface area contributed by atoms with E-state index in [-0.39, 0.29) is 23.5 Å². The third kappa shape index (κ3) is 10.9. The van der Waals surface area contributed by atoms with E-state index in [1.807, 2.05) is 41.5 Å². The van der Waals surface area contributed by atoms with Crippen LogP contribution in [0.25, 0.3) is 0 Å². The van der Waals surface area contributed by atoms with Crippen LogP contribution in [-0.2, 0) is 19.2 Å². The van der Waals surface area contributed by atoms with Gasteiger partial charge in [-0.15, -0.1) is 0 Å². The van der Waals surface area contributed by atoms with Gasteiger partial charge < -0.3 is 26.8 Å². The second-order valence-corrected chi connectivity index (χ2v) is 9.25. The van der Waals surface area contributed by atoms with Crippen molar-refractivity contribution < 1.29 is 24.3 Å². The third-order valence-electron chi connectivity index (χ3n) is 4.99. The number of nitrogens with two attached hydrogens (primary N) is 1. The lowest BCUT2D eigenvalue weighted by atomic mass is 9.95. The molecule has 0 aliphatic carbocycles. The number of aliphatic carboxylic acids is 1. The number of carbonyl (C=O) groups excluding carboxylic acids is 3. The fourth-order valence-corrected chi connectivity index (χ4v) is 3.25. The van der Waals surface area contributed by atoms with Gasteiger partial charge in [-0.3, -0.25) is 14.4 Å². The first-order valence-electron chi connectivity index (χ1n) is 10.8. The molecule has 0 fully saturated rings. The predicted octanol–water partition coefficient (Wildman–Crippen LogP) is 0.921. The maximum Gasteiger partial charge on any atom is 0.327 e. The Kier molecular flexibility index (Phi) is 13.5. The van der Waals surface area contributed by atoms with Crippen LogP contribution < -0.4 is 21.7 Å². The van der Waals surface area contributed by atoms with Crippen LogP contribution in [-0.4, -0.2) is 58.7 Å². The monoisotopic (exact) mass is 460 g/mol. The minimum Gasteiger partial charge on any atom is -0.480 e. The van der Waals surface area contributed by atoms with Crippen LogP contribution in [0.4, 0.5) is 0 Å². The van der Waals surface area contributed by atoms with E-state index >= 15 is 0 Å². The van der Waals surface area contributed by atoms with Crippen molar-refractivity contribution in [2.45, 2.75) is 85.0 Å². The van der Waals surface area contributed by atoms with Crippen LogP contribution in [0, 0.1) is 17.8 Å². The molecular weight excluding hydrogens is 420 g/mol. The van der Waals surface area contributed by atoms with Crippen molar-refractivity contribution in [3.8, 4) is 0 Å². The molecule has 0 heterocycles. The van der Waals surface area contributed by atoms with Gasteiger partial charge in [-0.1, -0.05) is 48.0 Å². The number of amides is 3. The van der Waals surface area contributed by atoms with E-state index in [1.54, 1.807) is 0 Å². The molecule has 5 unspecified atom stereocenters. The van der Waals surface area contributed by atoms with Gasteiger partial charge in [-0.05, 0) is 30.6 Å². The van der Waals surface area contributed by atoms with Crippen LogP contribution >= 0.6 is 12.6 Å². The molecule has 0 aromatic rings. The molecule has 0 spiro atoms. The van der Waals surface area contributed by atoms with Crippen LogP contribution in [0.15, 0.2) is 0 Å². The number of carbonyl (C=O) groups is 4. The van der Waals surface area contributed by atoms with Gasteiger partial charge in [-0.25, -0.2) is 4.79 Å². The van der Waals surface area contributed by atoms with Crippen LogP contribution in [0.1, 0.15) is 60.8 Å². The van der Waals surface area contributed by atoms with Crippen LogP contribution in [0.2, 0.25) is 0 Å². The number of carboxylic acids is 1. The molecule has 10 heteroatoms. The number of hydrogen-bond donors (Lipinski definition) is 6. The Balaban J connectivity index is 5.46. The minimum atomic E-state index is -1.21. The molecule has 0 radical (unpaired) electrons. The maximum atomic E-state index is 13.0. The summed E-state index contributed by atoms with van der Waals surface area (Å²) in [5.41, 5.74) is 5.95. The van der Waals surface area contributed by atoms with E-state index < -0.39 is 47.9 Å². The number of hydrogen-bond acceptors (Lipinski definition) is 6. The molecule has 31 heavy (non-hydrogen) atoms. The number of thiol groups is 1. The highest BCUT2D eigenvalue weighted by Crippen LogP contribution is 2.12. The lowest BCUT2D eigenvalue weighted by molar-refractivity contribution is -0.141. The Labute approximate surface area is 191 Å². The molecule has 5 atom stereocenters. The van der Waals surface area contributed by atoms with E-state index in [0.29, 0.717) is 19.3 Å². The SMILES string of the molecule is CCC(C)C(NC(=O)C(N)CC(C)C)C(=O)NC(CC(C)C)C(=O)NC(CS)C(=O)O. The van der Waals surface area contributed by atoms with Gasteiger partial charge in [0.15, 0.2) is 0 Å². The Bertz CT molecular complexity index is 615. The van der Waals surface area contributed by atoms with Gasteiger partial charge in [-0.2, -0.15) is 12.6 Å². The maximum absolute atomic E-state index is 13.0. The highest BCUT2D eigenvalue weighted by Gasteiger charge is 2.32. The third-order valence-corrected chi connectivity index (χ3v) is 5.36. The molecule has 0 aromatic carbocycles. The van der Waals surface area contributed by atoms with Crippen molar-refractivity contribution in [3.63, 3.8) is 0 Å². The van der Waals surface area contributed by atoms with Crippen molar-refractivity contribution in [1.82, 2.24) is 16.0 Å². The topological polar surface area (TPSA) is 151 Å². The molecule has 0 aliphatic rings. The van der Waals surface area contributed by atoms with Crippen molar-refractivity contribution in [2.24, 2.45) is 23.5 Å². The molecular formula is C21H40N4O5S. The quantitative estimate of drug-likeness (QED) is 0.212. The summed E-state index contributed by atoms with van der Waals surface area (Å²) in [5.74, 6) is -2.71. The van der Waals surface area contributed by atoms with Crippen molar-refractivity contribution in [2.75, 3.05) is 5.75 Å². The van der Waals surface area contributed by atoms with Gasteiger partial charge in [0.1, 0.15) is 18.1 Å². The van der Waals surface area contributed by atoms with E-state index in [1.165, 1.54) is 0 Å². The van der Waals surface area contributed by atoms with Crippen molar-refractivity contribution in [3.05, 3.63) is 0 Å². The van der Waals surface area contributed by atoms with Gasteiger partial charge in [0.2, 0.25) is 17.7 Å². The molecule has 0 saturated carbocycles. The standard InChI is InChI=1S/C21H40N4O5S/c1-7-13(6)17(25-18(26)14(22)8-11(2)3)20(28)23-15(9-12(4)5)19(27)24-16(10-31)21(29)30/h11-17,31H,7-10,22H2,1-6H3,(H,23,28)(H,24,27)(H,25,26)(H,29,30). The van der Waals surface area contributed by atoms with Gasteiger partial charge in [0.25, 0.3) is 0 Å². The second kappa shape index (κ2) is 14.3. The summed E-state index contributed by atoms with van der Waals surface area (Å²) in [5, 5.41) is 17.0. The van der Waals surface area contributed by atoms with Crippen molar-refractivity contribution >= 4 is 36.3 Å². The zero-order valence-electron chi connectivity index (χ0n) is 19.5. The smallest absolute Gasteiger partial charge is 0.327 e. The summed E-state index contributed by atoms with van der Waals surface area (Å²) in [7, 11) is 0. The largest absolute Gasteiger partial charge is 0.480 e. The fraction of sp³-hybridized carbons (Fsp3) is 0.810. The molecule has 0 aromatic heterocycles. The Hall–Kier alpha value is -1.81. The Morgan fingerprint density at radius 2 is 1.35 bits per heavy atom. The Morgan fingerprint density at radius 1 is 0.839 bits per heavy atom. The minimum absolute atomic E-state index is 0.0615. The van der Waals surface area contributed by atoms with E-state index in [4.69, 9.17) is 10.8 Å². The van der Waals surface area contributed by atoms with Crippen molar-refractivity contribution in [1.29, 1.82) is 0 Å². The summed E-state index contributed by atoms with van der Waals surface area (Å²) < 4.78 is 0. The van der Waals surface area contributed by atoms with E-state index in [9.17, 15) is 19.2 Å². The molecule has 0 rings (SSSR count). The molecule has 6 N–H and O–H groups in total. The summed E-state index contributed by atoms with van der Waals surface area (Å²) in [6.45, 7) is 11.4. The number of carboxylic acid groups (broad SMARTS) is 1.